The second-order valence-corrected chi connectivity index (χ2v) is 12.2. The Bertz CT molecular complexity index is 1270. The highest BCUT2D eigenvalue weighted by atomic mass is 32.2. The average molecular weight is 571 g/mol. The lowest BCUT2D eigenvalue weighted by atomic mass is 9.95. The summed E-state index contributed by atoms with van der Waals surface area (Å²) in [6, 6.07) is 3.50. The number of aromatic nitrogens is 2. The van der Waals surface area contributed by atoms with Gasteiger partial charge in [0.2, 0.25) is 16.0 Å². The number of ether oxygens (including phenoxy) is 1. The van der Waals surface area contributed by atoms with E-state index in [0.29, 0.717) is 24.3 Å². The van der Waals surface area contributed by atoms with Crippen LogP contribution in [0.1, 0.15) is 43.0 Å². The second kappa shape index (κ2) is 11.8. The number of alkyl halides is 3. The molecule has 1 aliphatic carbocycles. The Hall–Kier alpha value is -2.64. The van der Waals surface area contributed by atoms with Crippen molar-refractivity contribution < 1.29 is 26.3 Å². The molecule has 2 N–H and O–H groups in total. The molecular weight excluding hydrogens is 533 g/mol. The average Bonchev–Trinajstić information content (AvgIpc) is 3.35. The molecule has 2 heterocycles. The van der Waals surface area contributed by atoms with Gasteiger partial charge in [-0.2, -0.15) is 13.2 Å². The van der Waals surface area contributed by atoms with Gasteiger partial charge in [-0.1, -0.05) is 13.3 Å². The zero-order valence-electron chi connectivity index (χ0n) is 22.8. The molecule has 2 aliphatic rings. The highest BCUT2D eigenvalue weighted by Gasteiger charge is 2.39. The maximum Gasteiger partial charge on any atom is 0.419 e. The van der Waals surface area contributed by atoms with E-state index in [-0.39, 0.29) is 30.0 Å². The third-order valence-electron chi connectivity index (χ3n) is 7.72. The third-order valence-corrected chi connectivity index (χ3v) is 9.04. The van der Waals surface area contributed by atoms with E-state index < -0.39 is 21.8 Å². The van der Waals surface area contributed by atoms with Crippen LogP contribution in [0.2, 0.25) is 0 Å². The molecule has 1 saturated carbocycles. The maximum absolute atomic E-state index is 13.9. The Labute approximate surface area is 228 Å². The van der Waals surface area contributed by atoms with Crippen molar-refractivity contribution in [3.8, 4) is 5.75 Å². The standard InChI is InChI=1S/C26H37F3N6O3S/c1-5-17-13-21(24(38-3)15-23(17)35-11-9-30-10-12-35)33-25-31-16-19(26(27,28)29)20(32-25)14-18-7-6-8-22(18)34(2)39(4,36)37/h13,15-16,18,22,30H,5-12,14H2,1-4H3,(H,31,32,33)/t18-,22+/m0/s1. The number of hydrogen-bond donors (Lipinski definition) is 2. The summed E-state index contributed by atoms with van der Waals surface area (Å²) in [7, 11) is -0.449. The van der Waals surface area contributed by atoms with Gasteiger partial charge in [0.25, 0.3) is 0 Å². The first-order valence-electron chi connectivity index (χ1n) is 13.2. The SMILES string of the molecule is CCc1cc(Nc2ncc(C(F)(F)F)c(C[C@@H]3CCC[C@H]3N(C)S(C)(=O)=O)n2)c(OC)cc1N1CCNCC1. The molecule has 1 aromatic heterocycles. The zero-order valence-corrected chi connectivity index (χ0v) is 23.6. The number of methoxy groups -OCH3 is 1. The van der Waals surface area contributed by atoms with Gasteiger partial charge in [-0.3, -0.25) is 0 Å². The lowest BCUT2D eigenvalue weighted by Crippen LogP contribution is -2.43. The molecule has 0 radical (unpaired) electrons. The molecular formula is C26H37F3N6O3S. The predicted octanol–water partition coefficient (Wildman–Crippen LogP) is 3.82. The van der Waals surface area contributed by atoms with Crippen LogP contribution >= 0.6 is 0 Å². The molecule has 216 valence electrons. The van der Waals surface area contributed by atoms with E-state index in [2.05, 4.69) is 32.4 Å². The second-order valence-electron chi connectivity index (χ2n) is 10.2. The van der Waals surface area contributed by atoms with Gasteiger partial charge in [0.15, 0.2) is 0 Å². The van der Waals surface area contributed by atoms with Crippen LogP contribution < -0.4 is 20.3 Å². The highest BCUT2D eigenvalue weighted by molar-refractivity contribution is 7.88. The minimum Gasteiger partial charge on any atom is -0.494 e. The van der Waals surface area contributed by atoms with Crippen LogP contribution in [0.5, 0.6) is 5.75 Å². The monoisotopic (exact) mass is 570 g/mol. The summed E-state index contributed by atoms with van der Waals surface area (Å²) < 4.78 is 73.0. The molecule has 1 aliphatic heterocycles. The summed E-state index contributed by atoms with van der Waals surface area (Å²) in [6.07, 6.45) is -0.00745. The summed E-state index contributed by atoms with van der Waals surface area (Å²) in [5.41, 5.74) is 1.65. The molecule has 9 nitrogen and oxygen atoms in total. The lowest BCUT2D eigenvalue weighted by Gasteiger charge is -2.32. The van der Waals surface area contributed by atoms with Crippen LogP contribution in [0.25, 0.3) is 0 Å². The zero-order chi connectivity index (χ0) is 28.4. The molecule has 2 atom stereocenters. The van der Waals surface area contributed by atoms with Crippen LogP contribution in [-0.2, 0) is 29.0 Å². The lowest BCUT2D eigenvalue weighted by molar-refractivity contribution is -0.138. The molecule has 2 fully saturated rings. The fraction of sp³-hybridized carbons (Fsp3) is 0.615. The number of benzene rings is 1. The van der Waals surface area contributed by atoms with Gasteiger partial charge in [0.1, 0.15) is 5.75 Å². The van der Waals surface area contributed by atoms with Gasteiger partial charge in [0.05, 0.1) is 30.3 Å². The summed E-state index contributed by atoms with van der Waals surface area (Å²) in [6.45, 7) is 5.55. The number of rotatable bonds is 9. The van der Waals surface area contributed by atoms with Crippen molar-refractivity contribution in [2.24, 2.45) is 5.92 Å². The van der Waals surface area contributed by atoms with Gasteiger partial charge >= 0.3 is 6.18 Å². The molecule has 13 heteroatoms. The Morgan fingerprint density at radius 2 is 1.95 bits per heavy atom. The van der Waals surface area contributed by atoms with Crippen molar-refractivity contribution in [3.05, 3.63) is 35.2 Å². The van der Waals surface area contributed by atoms with E-state index in [4.69, 9.17) is 4.74 Å². The van der Waals surface area contributed by atoms with Gasteiger partial charge < -0.3 is 20.3 Å². The third kappa shape index (κ3) is 6.75. The van der Waals surface area contributed by atoms with Crippen molar-refractivity contribution in [1.29, 1.82) is 0 Å². The predicted molar refractivity (Wildman–Crippen MR) is 145 cm³/mol. The van der Waals surface area contributed by atoms with E-state index in [9.17, 15) is 21.6 Å². The van der Waals surface area contributed by atoms with Crippen molar-refractivity contribution in [2.45, 2.75) is 51.2 Å². The Morgan fingerprint density at radius 1 is 1.23 bits per heavy atom. The van der Waals surface area contributed by atoms with Crippen LogP contribution in [0.15, 0.2) is 18.3 Å². The van der Waals surface area contributed by atoms with Crippen LogP contribution in [0.3, 0.4) is 0 Å². The topological polar surface area (TPSA) is 99.7 Å². The number of sulfonamides is 1. The highest BCUT2D eigenvalue weighted by Crippen LogP contribution is 2.39. The van der Waals surface area contributed by atoms with Crippen molar-refractivity contribution in [1.82, 2.24) is 19.6 Å². The first-order valence-corrected chi connectivity index (χ1v) is 15.1. The van der Waals surface area contributed by atoms with Crippen molar-refractivity contribution in [3.63, 3.8) is 0 Å². The Morgan fingerprint density at radius 3 is 2.56 bits per heavy atom. The van der Waals surface area contributed by atoms with Crippen LogP contribution in [-0.4, -0.2) is 75.3 Å². The van der Waals surface area contributed by atoms with E-state index in [0.717, 1.165) is 62.7 Å². The Kier molecular flexibility index (Phi) is 8.91. The number of aryl methyl sites for hydroxylation is 1. The van der Waals surface area contributed by atoms with E-state index in [1.165, 1.54) is 11.4 Å². The summed E-state index contributed by atoms with van der Waals surface area (Å²) in [4.78, 5) is 10.6. The molecule has 39 heavy (non-hydrogen) atoms. The minimum atomic E-state index is -4.64. The summed E-state index contributed by atoms with van der Waals surface area (Å²) >= 11 is 0. The van der Waals surface area contributed by atoms with Gasteiger partial charge in [0, 0.05) is 57.2 Å². The Balaban J connectivity index is 1.66. The van der Waals surface area contributed by atoms with Crippen molar-refractivity contribution in [2.75, 3.05) is 56.8 Å². The molecule has 4 rings (SSSR count). The molecule has 2 aromatic rings. The number of anilines is 3. The molecule has 0 amide bonds. The number of nitrogens with one attached hydrogen (secondary N) is 2. The summed E-state index contributed by atoms with van der Waals surface area (Å²) in [5.74, 6) is 0.281. The fourth-order valence-corrected chi connectivity index (χ4v) is 6.35. The van der Waals surface area contributed by atoms with Crippen molar-refractivity contribution >= 4 is 27.3 Å². The first-order chi connectivity index (χ1) is 18.4. The van der Waals surface area contributed by atoms with Crippen LogP contribution in [0, 0.1) is 5.92 Å². The minimum absolute atomic E-state index is 0.00412. The summed E-state index contributed by atoms with van der Waals surface area (Å²) in [5, 5.41) is 6.42. The number of piperazine rings is 1. The molecule has 1 saturated heterocycles. The first kappa shape index (κ1) is 29.3. The quantitative estimate of drug-likeness (QED) is 0.470. The number of hydrogen-bond acceptors (Lipinski definition) is 8. The maximum atomic E-state index is 13.9. The van der Waals surface area contributed by atoms with E-state index in [1.54, 1.807) is 7.11 Å². The number of halogens is 3. The molecule has 1 aromatic carbocycles. The van der Waals surface area contributed by atoms with Crippen LogP contribution in [0.4, 0.5) is 30.5 Å². The number of nitrogens with zero attached hydrogens (tertiary/aromatic N) is 4. The molecule has 0 spiro atoms. The normalized spacial score (nSPS) is 20.5. The van der Waals surface area contributed by atoms with Gasteiger partial charge in [-0.15, -0.1) is 0 Å². The fourth-order valence-electron chi connectivity index (χ4n) is 5.58. The van der Waals surface area contributed by atoms with Gasteiger partial charge in [-0.05, 0) is 43.2 Å². The van der Waals surface area contributed by atoms with E-state index >= 15 is 0 Å². The van der Waals surface area contributed by atoms with Gasteiger partial charge in [-0.25, -0.2) is 22.7 Å². The largest absolute Gasteiger partial charge is 0.494 e. The molecule has 0 unspecified atom stereocenters. The smallest absolute Gasteiger partial charge is 0.419 e. The molecule has 0 bridgehead atoms. The van der Waals surface area contributed by atoms with E-state index in [1.807, 2.05) is 12.1 Å².